The smallest absolute Gasteiger partial charge is 0.162 e. The zero-order valence-corrected chi connectivity index (χ0v) is 16.6. The minimum Gasteiger partial charge on any atom is -0.493 e. The molecule has 1 N–H and O–H groups in total. The first-order valence-corrected chi connectivity index (χ1v) is 9.60. The molecule has 0 amide bonds. The lowest BCUT2D eigenvalue weighted by Crippen LogP contribution is -2.05. The molecule has 0 fully saturated rings. The second-order valence-corrected chi connectivity index (χ2v) is 7.02. The third kappa shape index (κ3) is 3.65. The van der Waals surface area contributed by atoms with Crippen LogP contribution >= 0.6 is 0 Å². The van der Waals surface area contributed by atoms with Crippen LogP contribution in [0.4, 0.5) is 5.82 Å². The lowest BCUT2D eigenvalue weighted by Gasteiger charge is -2.13. The number of fused-ring (bicyclic) bond motifs is 1. The van der Waals surface area contributed by atoms with Gasteiger partial charge in [-0.15, -0.1) is 0 Å². The Morgan fingerprint density at radius 3 is 2.61 bits per heavy atom. The fraction of sp³-hybridized carbons (Fsp3) is 0.304. The van der Waals surface area contributed by atoms with Crippen LogP contribution in [0.25, 0.3) is 16.5 Å². The highest BCUT2D eigenvalue weighted by atomic mass is 16.5. The number of nitrogens with one attached hydrogen (secondary N) is 1. The summed E-state index contributed by atoms with van der Waals surface area (Å²) in [6.45, 7) is 2.59. The highest BCUT2D eigenvalue weighted by molar-refractivity contribution is 5.91. The van der Waals surface area contributed by atoms with Crippen LogP contribution in [0.2, 0.25) is 0 Å². The van der Waals surface area contributed by atoms with Gasteiger partial charge in [0, 0.05) is 18.0 Å². The molecule has 28 heavy (non-hydrogen) atoms. The number of anilines is 1. The molecule has 2 aromatic carbocycles. The van der Waals surface area contributed by atoms with Gasteiger partial charge in [0.1, 0.15) is 11.6 Å². The zero-order valence-electron chi connectivity index (χ0n) is 16.6. The van der Waals surface area contributed by atoms with Crippen LogP contribution in [-0.4, -0.2) is 24.2 Å². The van der Waals surface area contributed by atoms with Gasteiger partial charge in [0.25, 0.3) is 0 Å². The van der Waals surface area contributed by atoms with Gasteiger partial charge in [-0.2, -0.15) is 0 Å². The van der Waals surface area contributed by atoms with Crippen molar-refractivity contribution < 1.29 is 9.47 Å². The summed E-state index contributed by atoms with van der Waals surface area (Å²) in [6, 6.07) is 12.6. The van der Waals surface area contributed by atoms with Gasteiger partial charge >= 0.3 is 0 Å². The van der Waals surface area contributed by atoms with E-state index in [0.717, 1.165) is 16.7 Å². The molecule has 1 aliphatic carbocycles. The van der Waals surface area contributed by atoms with Crippen molar-refractivity contribution in [3.05, 3.63) is 59.4 Å². The number of nitrogens with zero attached hydrogens (tertiary/aromatic N) is 2. The Labute approximate surface area is 165 Å². The molecule has 0 saturated heterocycles. The van der Waals surface area contributed by atoms with Crippen LogP contribution in [0.15, 0.2) is 42.5 Å². The van der Waals surface area contributed by atoms with Crippen molar-refractivity contribution in [2.45, 2.75) is 32.7 Å². The third-order valence-corrected chi connectivity index (χ3v) is 5.11. The molecule has 144 valence electrons. The number of aromatic nitrogens is 2. The summed E-state index contributed by atoms with van der Waals surface area (Å²) >= 11 is 0. The van der Waals surface area contributed by atoms with Gasteiger partial charge in [0.05, 0.1) is 19.7 Å². The van der Waals surface area contributed by atoms with Crippen molar-refractivity contribution in [3.8, 4) is 11.5 Å². The number of methoxy groups -OCH3 is 2. The Hall–Kier alpha value is -3.08. The van der Waals surface area contributed by atoms with Gasteiger partial charge in [-0.3, -0.25) is 0 Å². The normalized spacial score (nSPS) is 13.5. The van der Waals surface area contributed by atoms with Crippen molar-refractivity contribution in [3.63, 3.8) is 0 Å². The van der Waals surface area contributed by atoms with E-state index in [-0.39, 0.29) is 0 Å². The molecule has 0 bridgehead atoms. The Morgan fingerprint density at radius 1 is 1.04 bits per heavy atom. The molecule has 1 aliphatic rings. The molecule has 1 heterocycles. The van der Waals surface area contributed by atoms with E-state index >= 15 is 0 Å². The van der Waals surface area contributed by atoms with E-state index in [1.807, 2.05) is 19.1 Å². The maximum Gasteiger partial charge on any atom is 0.162 e. The number of aryl methyl sites for hydroxylation is 1. The maximum absolute atomic E-state index is 5.45. The third-order valence-electron chi connectivity index (χ3n) is 5.11. The van der Waals surface area contributed by atoms with Gasteiger partial charge in [-0.1, -0.05) is 24.3 Å². The molecule has 5 heteroatoms. The number of hydrogen-bond acceptors (Lipinski definition) is 5. The Balaban J connectivity index is 1.63. The Kier molecular flexibility index (Phi) is 5.15. The quantitative estimate of drug-likeness (QED) is 0.647. The minimum atomic E-state index is 0.664. The first kappa shape index (κ1) is 18.3. The van der Waals surface area contributed by atoms with E-state index in [1.54, 1.807) is 14.2 Å². The molecule has 5 nitrogen and oxygen atoms in total. The van der Waals surface area contributed by atoms with Gasteiger partial charge in [0.2, 0.25) is 0 Å². The van der Waals surface area contributed by atoms with Crippen LogP contribution < -0.4 is 14.8 Å². The first-order chi connectivity index (χ1) is 13.7. The summed E-state index contributed by atoms with van der Waals surface area (Å²) in [5, 5.41) is 4.40. The summed E-state index contributed by atoms with van der Waals surface area (Å²) < 4.78 is 10.9. The molecular weight excluding hydrogens is 350 g/mol. The predicted octanol–water partition coefficient (Wildman–Crippen LogP) is 5.13. The van der Waals surface area contributed by atoms with Gasteiger partial charge < -0.3 is 14.8 Å². The first-order valence-electron chi connectivity index (χ1n) is 9.60. The van der Waals surface area contributed by atoms with E-state index in [4.69, 9.17) is 9.47 Å². The fourth-order valence-electron chi connectivity index (χ4n) is 3.71. The van der Waals surface area contributed by atoms with Crippen LogP contribution in [0.1, 0.15) is 36.2 Å². The summed E-state index contributed by atoms with van der Waals surface area (Å²) in [7, 11) is 3.26. The molecule has 0 unspecified atom stereocenters. The number of ether oxygens (including phenoxy) is 2. The SMILES string of the molecule is COc1cc2nc(C)nc(NCc3cccc(C4=CCCC4)c3)c2cc1OC. The van der Waals surface area contributed by atoms with E-state index in [9.17, 15) is 0 Å². The van der Waals surface area contributed by atoms with Gasteiger partial charge in [0.15, 0.2) is 11.5 Å². The van der Waals surface area contributed by atoms with Gasteiger partial charge in [-0.25, -0.2) is 9.97 Å². The molecular formula is C23H25N3O2. The average Bonchev–Trinajstić information content (AvgIpc) is 3.26. The van der Waals surface area contributed by atoms with Crippen molar-refractivity contribution in [1.82, 2.24) is 9.97 Å². The topological polar surface area (TPSA) is 56.3 Å². The second kappa shape index (κ2) is 7.89. The predicted molar refractivity (Wildman–Crippen MR) is 113 cm³/mol. The Bertz CT molecular complexity index is 1040. The summed E-state index contributed by atoms with van der Waals surface area (Å²) in [5.41, 5.74) is 4.85. The van der Waals surface area contributed by atoms with Crippen molar-refractivity contribution in [1.29, 1.82) is 0 Å². The molecule has 4 rings (SSSR count). The van der Waals surface area contributed by atoms with E-state index in [1.165, 1.54) is 36.0 Å². The standard InChI is InChI=1S/C23H25N3O2/c1-15-25-20-13-22(28-3)21(27-2)12-19(20)23(26-15)24-14-16-7-6-10-18(11-16)17-8-4-5-9-17/h6-8,10-13H,4-5,9,14H2,1-3H3,(H,24,25,26). The molecule has 0 radical (unpaired) electrons. The van der Waals surface area contributed by atoms with Crippen molar-refractivity contribution in [2.24, 2.45) is 0 Å². The molecule has 0 spiro atoms. The van der Waals surface area contributed by atoms with Crippen molar-refractivity contribution in [2.75, 3.05) is 19.5 Å². The molecule has 0 atom stereocenters. The highest BCUT2D eigenvalue weighted by Gasteiger charge is 2.13. The average molecular weight is 375 g/mol. The zero-order chi connectivity index (χ0) is 19.5. The van der Waals surface area contributed by atoms with Crippen LogP contribution in [0, 0.1) is 6.92 Å². The maximum atomic E-state index is 5.45. The largest absolute Gasteiger partial charge is 0.493 e. The van der Waals surface area contributed by atoms with Gasteiger partial charge in [-0.05, 0) is 55.0 Å². The lowest BCUT2D eigenvalue weighted by molar-refractivity contribution is 0.356. The lowest BCUT2D eigenvalue weighted by atomic mass is 10.0. The summed E-state index contributed by atoms with van der Waals surface area (Å²) in [6.07, 6.45) is 5.98. The van der Waals surface area contributed by atoms with Crippen LogP contribution in [0.3, 0.4) is 0 Å². The summed E-state index contributed by atoms with van der Waals surface area (Å²) in [5.74, 6) is 2.85. The minimum absolute atomic E-state index is 0.664. The molecule has 0 aliphatic heterocycles. The molecule has 3 aromatic rings. The number of hydrogen-bond donors (Lipinski definition) is 1. The molecule has 0 saturated carbocycles. The highest BCUT2D eigenvalue weighted by Crippen LogP contribution is 2.34. The monoisotopic (exact) mass is 375 g/mol. The number of rotatable bonds is 6. The van der Waals surface area contributed by atoms with E-state index in [0.29, 0.717) is 23.9 Å². The fourth-order valence-corrected chi connectivity index (χ4v) is 3.71. The van der Waals surface area contributed by atoms with E-state index < -0.39 is 0 Å². The van der Waals surface area contributed by atoms with E-state index in [2.05, 4.69) is 45.6 Å². The summed E-state index contributed by atoms with van der Waals surface area (Å²) in [4.78, 5) is 9.16. The van der Waals surface area contributed by atoms with Crippen LogP contribution in [-0.2, 0) is 6.54 Å². The Morgan fingerprint density at radius 2 is 1.86 bits per heavy atom. The second-order valence-electron chi connectivity index (χ2n) is 7.02. The van der Waals surface area contributed by atoms with Crippen LogP contribution in [0.5, 0.6) is 11.5 Å². The molecule has 1 aromatic heterocycles. The number of allylic oxidation sites excluding steroid dienone is 2. The van der Waals surface area contributed by atoms with Crippen molar-refractivity contribution >= 4 is 22.3 Å². The number of benzene rings is 2.